The standard InChI is InChI=1S/C31H41FO/c1-4-6-8-10-14-25(3)33-31(21-13-7-5-2)22-19-27(20-23-31)29-18-17-28(24-30(29)32)26-15-11-9-12-16-26/h9,11-12,15-20,22-25,27H,4-8,10,13-14,21H2,1-3H3/t25-,27?,31?/m1/s1. The zero-order valence-corrected chi connectivity index (χ0v) is 20.7. The fourth-order valence-corrected chi connectivity index (χ4v) is 4.72. The smallest absolute Gasteiger partial charge is 0.127 e. The minimum Gasteiger partial charge on any atom is -0.364 e. The Bertz CT molecular complexity index is 884. The Kier molecular flexibility index (Phi) is 9.94. The maximum absolute atomic E-state index is 15.1. The molecule has 0 spiro atoms. The molecule has 2 heteroatoms. The van der Waals surface area contributed by atoms with E-state index in [1.54, 1.807) is 6.07 Å². The molecule has 178 valence electrons. The Morgan fingerprint density at radius 1 is 0.848 bits per heavy atom. The topological polar surface area (TPSA) is 9.23 Å². The van der Waals surface area contributed by atoms with E-state index in [1.807, 2.05) is 42.5 Å². The van der Waals surface area contributed by atoms with Crippen LogP contribution >= 0.6 is 0 Å². The van der Waals surface area contributed by atoms with Gasteiger partial charge in [0.15, 0.2) is 0 Å². The van der Waals surface area contributed by atoms with E-state index in [0.717, 1.165) is 36.0 Å². The van der Waals surface area contributed by atoms with Crippen LogP contribution in [0.1, 0.15) is 90.0 Å². The summed E-state index contributed by atoms with van der Waals surface area (Å²) in [7, 11) is 0. The molecule has 1 nitrogen and oxygen atoms in total. The predicted octanol–water partition coefficient (Wildman–Crippen LogP) is 9.40. The zero-order valence-electron chi connectivity index (χ0n) is 20.7. The van der Waals surface area contributed by atoms with E-state index >= 15 is 4.39 Å². The molecule has 1 aliphatic rings. The summed E-state index contributed by atoms with van der Waals surface area (Å²) in [6.07, 6.45) is 19.5. The molecule has 0 N–H and O–H groups in total. The summed E-state index contributed by atoms with van der Waals surface area (Å²) in [6.45, 7) is 6.67. The molecular formula is C31H41FO. The fraction of sp³-hybridized carbons (Fsp3) is 0.484. The van der Waals surface area contributed by atoms with Gasteiger partial charge in [0.25, 0.3) is 0 Å². The van der Waals surface area contributed by atoms with Crippen molar-refractivity contribution in [3.63, 3.8) is 0 Å². The number of halogens is 1. The van der Waals surface area contributed by atoms with Gasteiger partial charge in [-0.15, -0.1) is 0 Å². The Labute approximate surface area is 200 Å². The van der Waals surface area contributed by atoms with Crippen LogP contribution in [0, 0.1) is 5.82 Å². The van der Waals surface area contributed by atoms with E-state index in [4.69, 9.17) is 4.74 Å². The largest absolute Gasteiger partial charge is 0.364 e. The zero-order chi connectivity index (χ0) is 23.5. The van der Waals surface area contributed by atoms with E-state index < -0.39 is 0 Å². The highest BCUT2D eigenvalue weighted by atomic mass is 19.1. The first-order chi connectivity index (χ1) is 16.1. The predicted molar refractivity (Wildman–Crippen MR) is 139 cm³/mol. The van der Waals surface area contributed by atoms with Crippen LogP contribution in [-0.2, 0) is 4.74 Å². The third kappa shape index (κ3) is 7.40. The number of ether oxygens (including phenoxy) is 1. The van der Waals surface area contributed by atoms with Crippen LogP contribution in [-0.4, -0.2) is 11.7 Å². The SMILES string of the molecule is CCCCCC[C@@H](C)OC1(CCCCC)C=CC(c2ccc(-c3ccccc3)cc2F)C=C1. The lowest BCUT2D eigenvalue weighted by Crippen LogP contribution is -2.33. The molecule has 0 radical (unpaired) electrons. The first kappa shape index (κ1) is 25.4. The van der Waals surface area contributed by atoms with Crippen LogP contribution in [0.5, 0.6) is 0 Å². The minimum absolute atomic E-state index is 0.0578. The highest BCUT2D eigenvalue weighted by Crippen LogP contribution is 2.35. The summed E-state index contributed by atoms with van der Waals surface area (Å²) in [6, 6.07) is 15.6. The molecule has 0 unspecified atom stereocenters. The molecule has 1 aliphatic carbocycles. The highest BCUT2D eigenvalue weighted by Gasteiger charge is 2.30. The van der Waals surface area contributed by atoms with Crippen molar-refractivity contribution in [3.8, 4) is 11.1 Å². The molecule has 0 bridgehead atoms. The molecule has 2 aromatic rings. The van der Waals surface area contributed by atoms with Gasteiger partial charge < -0.3 is 4.74 Å². The van der Waals surface area contributed by atoms with E-state index in [9.17, 15) is 0 Å². The van der Waals surface area contributed by atoms with Crippen molar-refractivity contribution in [2.45, 2.75) is 96.2 Å². The lowest BCUT2D eigenvalue weighted by molar-refractivity contribution is -0.0362. The number of benzene rings is 2. The van der Waals surface area contributed by atoms with Crippen molar-refractivity contribution in [1.82, 2.24) is 0 Å². The van der Waals surface area contributed by atoms with Crippen molar-refractivity contribution in [3.05, 3.63) is 84.2 Å². The van der Waals surface area contributed by atoms with Gasteiger partial charge in [0, 0.05) is 5.92 Å². The summed E-state index contributed by atoms with van der Waals surface area (Å²) in [5.41, 5.74) is 2.30. The second-order valence-corrected chi connectivity index (χ2v) is 9.54. The number of hydrogen-bond acceptors (Lipinski definition) is 1. The second-order valence-electron chi connectivity index (χ2n) is 9.54. The van der Waals surface area contributed by atoms with Crippen molar-refractivity contribution >= 4 is 0 Å². The van der Waals surface area contributed by atoms with Crippen molar-refractivity contribution in [2.75, 3.05) is 0 Å². The molecule has 33 heavy (non-hydrogen) atoms. The van der Waals surface area contributed by atoms with Gasteiger partial charge in [0.05, 0.1) is 6.10 Å². The minimum atomic E-state index is -0.365. The normalized spacial score (nSPS) is 20.8. The Morgan fingerprint density at radius 2 is 1.55 bits per heavy atom. The van der Waals surface area contributed by atoms with Gasteiger partial charge in [-0.3, -0.25) is 0 Å². The molecule has 0 aliphatic heterocycles. The lowest BCUT2D eigenvalue weighted by Gasteiger charge is -2.34. The Morgan fingerprint density at radius 3 is 2.21 bits per heavy atom. The Balaban J connectivity index is 1.70. The highest BCUT2D eigenvalue weighted by molar-refractivity contribution is 5.64. The summed E-state index contributed by atoms with van der Waals surface area (Å²) >= 11 is 0. The molecule has 0 amide bonds. The van der Waals surface area contributed by atoms with Crippen LogP contribution in [0.4, 0.5) is 4.39 Å². The van der Waals surface area contributed by atoms with Crippen LogP contribution in [0.2, 0.25) is 0 Å². The number of rotatable bonds is 13. The summed E-state index contributed by atoms with van der Waals surface area (Å²) in [5.74, 6) is -0.211. The lowest BCUT2D eigenvalue weighted by atomic mass is 9.84. The molecule has 0 fully saturated rings. The number of hydrogen-bond donors (Lipinski definition) is 0. The van der Waals surface area contributed by atoms with Gasteiger partial charge in [0.2, 0.25) is 0 Å². The van der Waals surface area contributed by atoms with Gasteiger partial charge in [0.1, 0.15) is 11.4 Å². The third-order valence-electron chi connectivity index (χ3n) is 6.69. The second kappa shape index (κ2) is 12.9. The van der Waals surface area contributed by atoms with E-state index in [0.29, 0.717) is 0 Å². The molecule has 1 atom stereocenters. The summed E-state index contributed by atoms with van der Waals surface area (Å²) in [5, 5.41) is 0. The molecule has 0 saturated heterocycles. The first-order valence-corrected chi connectivity index (χ1v) is 13.0. The van der Waals surface area contributed by atoms with E-state index in [1.165, 1.54) is 38.5 Å². The first-order valence-electron chi connectivity index (χ1n) is 13.0. The maximum Gasteiger partial charge on any atom is 0.127 e. The van der Waals surface area contributed by atoms with Crippen molar-refractivity contribution in [1.29, 1.82) is 0 Å². The van der Waals surface area contributed by atoms with E-state index in [2.05, 4.69) is 45.1 Å². The van der Waals surface area contributed by atoms with Gasteiger partial charge in [-0.1, -0.05) is 119 Å². The maximum atomic E-state index is 15.1. The van der Waals surface area contributed by atoms with E-state index in [-0.39, 0.29) is 23.4 Å². The van der Waals surface area contributed by atoms with Gasteiger partial charge >= 0.3 is 0 Å². The van der Waals surface area contributed by atoms with Crippen molar-refractivity contribution in [2.24, 2.45) is 0 Å². The van der Waals surface area contributed by atoms with Gasteiger partial charge in [-0.05, 0) is 48.9 Å². The fourth-order valence-electron chi connectivity index (χ4n) is 4.72. The monoisotopic (exact) mass is 448 g/mol. The molecule has 2 aromatic carbocycles. The average molecular weight is 449 g/mol. The third-order valence-corrected chi connectivity index (χ3v) is 6.69. The van der Waals surface area contributed by atoms with Gasteiger partial charge in [-0.25, -0.2) is 4.39 Å². The summed E-state index contributed by atoms with van der Waals surface area (Å²) < 4.78 is 21.7. The van der Waals surface area contributed by atoms with Crippen LogP contribution in [0.15, 0.2) is 72.8 Å². The molecule has 0 aromatic heterocycles. The summed E-state index contributed by atoms with van der Waals surface area (Å²) in [4.78, 5) is 0. The van der Waals surface area contributed by atoms with Gasteiger partial charge in [-0.2, -0.15) is 0 Å². The van der Waals surface area contributed by atoms with Crippen LogP contribution < -0.4 is 0 Å². The van der Waals surface area contributed by atoms with Crippen LogP contribution in [0.25, 0.3) is 11.1 Å². The molecule has 0 heterocycles. The number of allylic oxidation sites excluding steroid dienone is 2. The Hall–Kier alpha value is -2.19. The van der Waals surface area contributed by atoms with Crippen LogP contribution in [0.3, 0.4) is 0 Å². The quantitative estimate of drug-likeness (QED) is 0.219. The van der Waals surface area contributed by atoms with Crippen molar-refractivity contribution < 1.29 is 9.13 Å². The molecular weight excluding hydrogens is 407 g/mol. The molecule has 3 rings (SSSR count). The number of unbranched alkanes of at least 4 members (excludes halogenated alkanes) is 5. The average Bonchev–Trinajstić information content (AvgIpc) is 2.83. The molecule has 0 saturated carbocycles.